The molecule has 4 heterocycles. The number of thiazole rings is 1. The Bertz CT molecular complexity index is 1460. The number of carbonyl (C=O) groups excluding carboxylic acids is 2. The first kappa shape index (κ1) is 22.1. The van der Waals surface area contributed by atoms with E-state index in [2.05, 4.69) is 27.1 Å². The molecule has 8 nitrogen and oxygen atoms in total. The Kier molecular flexibility index (Phi) is 5.57. The summed E-state index contributed by atoms with van der Waals surface area (Å²) >= 11 is 1.39. The number of nitrogens with zero attached hydrogens (tertiary/aromatic N) is 4. The lowest BCUT2D eigenvalue weighted by atomic mass is 9.99. The zero-order valence-corrected chi connectivity index (χ0v) is 20.1. The molecule has 0 saturated carbocycles. The molecule has 0 spiro atoms. The Balaban J connectivity index is 1.44. The molecule has 0 aliphatic carbocycles. The van der Waals surface area contributed by atoms with Gasteiger partial charge in [0.15, 0.2) is 4.80 Å². The molecule has 0 fully saturated rings. The second-order valence-corrected chi connectivity index (χ2v) is 10.1. The Morgan fingerprint density at radius 1 is 1.21 bits per heavy atom. The van der Waals surface area contributed by atoms with Crippen LogP contribution in [0.25, 0.3) is 16.7 Å². The van der Waals surface area contributed by atoms with Crippen molar-refractivity contribution in [1.82, 2.24) is 19.4 Å². The van der Waals surface area contributed by atoms with E-state index in [1.165, 1.54) is 16.9 Å². The molecule has 0 saturated heterocycles. The van der Waals surface area contributed by atoms with Gasteiger partial charge in [0.1, 0.15) is 11.2 Å². The first-order chi connectivity index (χ1) is 16.3. The highest BCUT2D eigenvalue weighted by Gasteiger charge is 2.26. The summed E-state index contributed by atoms with van der Waals surface area (Å²) in [6, 6.07) is 9.81. The van der Waals surface area contributed by atoms with E-state index in [1.54, 1.807) is 23.4 Å². The number of fused-ring (bicyclic) bond motifs is 2. The smallest absolute Gasteiger partial charge is 0.410 e. The van der Waals surface area contributed by atoms with Gasteiger partial charge in [-0.05, 0) is 62.6 Å². The van der Waals surface area contributed by atoms with Crippen molar-refractivity contribution in [2.75, 3.05) is 6.54 Å². The Morgan fingerprint density at radius 2 is 2.06 bits per heavy atom. The summed E-state index contributed by atoms with van der Waals surface area (Å²) in [5.74, 6) is -0.329. The van der Waals surface area contributed by atoms with Crippen molar-refractivity contribution < 1.29 is 14.3 Å². The predicted octanol–water partition coefficient (Wildman–Crippen LogP) is 4.45. The number of hydrogen-bond acceptors (Lipinski definition) is 5. The third-order valence-electron chi connectivity index (χ3n) is 5.60. The van der Waals surface area contributed by atoms with Gasteiger partial charge >= 0.3 is 6.09 Å². The maximum absolute atomic E-state index is 13.0. The molecule has 5 rings (SSSR count). The molecule has 9 heteroatoms. The highest BCUT2D eigenvalue weighted by Crippen LogP contribution is 2.24. The Labute approximate surface area is 200 Å². The van der Waals surface area contributed by atoms with Gasteiger partial charge in [0.2, 0.25) is 0 Å². The standard InChI is InChI=1S/C25H25N5O3S/c1-25(2,3)33-24(32)29-10-8-16-6-7-18(13-17(16)15-29)30-11-12-34-23(30)28-22(31)20-14-27-21-19(20)5-4-9-26-21/h4-7,9,11-14H,8,10,15H2,1-3H3,(H,26,27)/b28-23-. The van der Waals surface area contributed by atoms with Crippen LogP contribution in [0.15, 0.2) is 59.3 Å². The summed E-state index contributed by atoms with van der Waals surface area (Å²) in [5.41, 5.74) is 3.77. The van der Waals surface area contributed by atoms with Crippen LogP contribution in [0.5, 0.6) is 0 Å². The minimum Gasteiger partial charge on any atom is -0.444 e. The van der Waals surface area contributed by atoms with E-state index < -0.39 is 5.60 Å². The highest BCUT2D eigenvalue weighted by atomic mass is 32.1. The molecule has 1 N–H and O–H groups in total. The second kappa shape index (κ2) is 8.57. The van der Waals surface area contributed by atoms with Gasteiger partial charge in [-0.15, -0.1) is 11.3 Å². The normalized spacial score (nSPS) is 14.3. The number of nitrogens with one attached hydrogen (secondary N) is 1. The highest BCUT2D eigenvalue weighted by molar-refractivity contribution is 7.07. The molecule has 1 aliphatic rings. The number of ether oxygens (including phenoxy) is 1. The predicted molar refractivity (Wildman–Crippen MR) is 130 cm³/mol. The van der Waals surface area contributed by atoms with Crippen LogP contribution in [0, 0.1) is 0 Å². The summed E-state index contributed by atoms with van der Waals surface area (Å²) in [7, 11) is 0. The summed E-state index contributed by atoms with van der Waals surface area (Å²) in [6.07, 6.45) is 5.68. The number of hydrogen-bond donors (Lipinski definition) is 1. The lowest BCUT2D eigenvalue weighted by Crippen LogP contribution is -2.39. The SMILES string of the molecule is CC(C)(C)OC(=O)N1CCc2ccc(-n3ccs/c3=N\C(=O)c3c[nH]c4ncccc34)cc2C1. The number of carbonyl (C=O) groups is 2. The van der Waals surface area contributed by atoms with Crippen LogP contribution in [0.4, 0.5) is 4.79 Å². The summed E-state index contributed by atoms with van der Waals surface area (Å²) in [4.78, 5) is 39.5. The number of rotatable bonds is 2. The molecular formula is C25H25N5O3S. The monoisotopic (exact) mass is 475 g/mol. The van der Waals surface area contributed by atoms with Gasteiger partial charge in [0.25, 0.3) is 5.91 Å². The molecule has 1 aliphatic heterocycles. The lowest BCUT2D eigenvalue weighted by molar-refractivity contribution is 0.0224. The van der Waals surface area contributed by atoms with E-state index >= 15 is 0 Å². The van der Waals surface area contributed by atoms with Crippen LogP contribution in [0.3, 0.4) is 0 Å². The van der Waals surface area contributed by atoms with Crippen LogP contribution in [-0.2, 0) is 17.7 Å². The van der Waals surface area contributed by atoms with Crippen LogP contribution in [0.2, 0.25) is 0 Å². The largest absolute Gasteiger partial charge is 0.444 e. The van der Waals surface area contributed by atoms with Crippen molar-refractivity contribution in [2.24, 2.45) is 4.99 Å². The first-order valence-electron chi connectivity index (χ1n) is 11.1. The van der Waals surface area contributed by atoms with E-state index in [9.17, 15) is 9.59 Å². The summed E-state index contributed by atoms with van der Waals surface area (Å²) in [5, 5.41) is 2.64. The third-order valence-corrected chi connectivity index (χ3v) is 6.36. The lowest BCUT2D eigenvalue weighted by Gasteiger charge is -2.31. The molecule has 0 radical (unpaired) electrons. The minimum atomic E-state index is -0.532. The quantitative estimate of drug-likeness (QED) is 0.464. The first-order valence-corrected chi connectivity index (χ1v) is 11.9. The van der Waals surface area contributed by atoms with Crippen LogP contribution >= 0.6 is 11.3 Å². The van der Waals surface area contributed by atoms with Crippen LogP contribution in [-0.4, -0.2) is 43.6 Å². The van der Waals surface area contributed by atoms with Crippen molar-refractivity contribution in [3.05, 3.63) is 75.8 Å². The average molecular weight is 476 g/mol. The number of aromatic amines is 1. The number of benzene rings is 1. The zero-order chi connectivity index (χ0) is 23.9. The maximum atomic E-state index is 13.0. The number of pyridine rings is 1. The van der Waals surface area contributed by atoms with Gasteiger partial charge in [-0.1, -0.05) is 6.07 Å². The van der Waals surface area contributed by atoms with Gasteiger partial charge in [-0.25, -0.2) is 9.78 Å². The summed E-state index contributed by atoms with van der Waals surface area (Å²) < 4.78 is 7.44. The number of amides is 2. The second-order valence-electron chi connectivity index (χ2n) is 9.18. The molecule has 4 aromatic rings. The van der Waals surface area contributed by atoms with Gasteiger partial charge in [-0.2, -0.15) is 4.99 Å². The van der Waals surface area contributed by atoms with Gasteiger partial charge in [0, 0.05) is 48.1 Å². The molecule has 3 aromatic heterocycles. The number of H-pyrrole nitrogens is 1. The Hall–Kier alpha value is -3.72. The van der Waals surface area contributed by atoms with Gasteiger partial charge in [-0.3, -0.25) is 9.36 Å². The molecular weight excluding hydrogens is 450 g/mol. The van der Waals surface area contributed by atoms with Crippen molar-refractivity contribution in [1.29, 1.82) is 0 Å². The molecule has 1 aromatic carbocycles. The molecule has 0 bridgehead atoms. The third kappa shape index (κ3) is 4.38. The van der Waals surface area contributed by atoms with Crippen molar-refractivity contribution in [3.63, 3.8) is 0 Å². The fourth-order valence-electron chi connectivity index (χ4n) is 4.01. The van der Waals surface area contributed by atoms with Gasteiger partial charge < -0.3 is 14.6 Å². The van der Waals surface area contributed by atoms with E-state index in [1.807, 2.05) is 49.0 Å². The fraction of sp³-hybridized carbons (Fsp3) is 0.280. The molecule has 174 valence electrons. The van der Waals surface area contributed by atoms with E-state index in [0.717, 1.165) is 23.1 Å². The van der Waals surface area contributed by atoms with Crippen molar-refractivity contribution >= 4 is 34.4 Å². The minimum absolute atomic E-state index is 0.304. The van der Waals surface area contributed by atoms with Crippen LogP contribution < -0.4 is 4.80 Å². The molecule has 34 heavy (non-hydrogen) atoms. The van der Waals surface area contributed by atoms with E-state index in [4.69, 9.17) is 4.74 Å². The van der Waals surface area contributed by atoms with Crippen LogP contribution in [0.1, 0.15) is 42.3 Å². The number of aromatic nitrogens is 3. The molecule has 0 unspecified atom stereocenters. The summed E-state index contributed by atoms with van der Waals surface area (Å²) in [6.45, 7) is 6.71. The maximum Gasteiger partial charge on any atom is 0.410 e. The van der Waals surface area contributed by atoms with E-state index in [0.29, 0.717) is 29.1 Å². The topological polar surface area (TPSA) is 92.6 Å². The molecule has 0 atom stereocenters. The van der Waals surface area contributed by atoms with Crippen molar-refractivity contribution in [2.45, 2.75) is 39.3 Å². The van der Waals surface area contributed by atoms with Crippen molar-refractivity contribution in [3.8, 4) is 5.69 Å². The average Bonchev–Trinajstić information content (AvgIpc) is 3.44. The van der Waals surface area contributed by atoms with Gasteiger partial charge in [0.05, 0.1) is 5.56 Å². The van der Waals surface area contributed by atoms with E-state index in [-0.39, 0.29) is 12.0 Å². The molecule has 2 amide bonds. The fourth-order valence-corrected chi connectivity index (χ4v) is 4.72. The Morgan fingerprint density at radius 3 is 2.88 bits per heavy atom. The zero-order valence-electron chi connectivity index (χ0n) is 19.2.